The van der Waals surface area contributed by atoms with Crippen LogP contribution in [0, 0.1) is 0 Å². The van der Waals surface area contributed by atoms with Crippen LogP contribution in [0.1, 0.15) is 6.92 Å². The lowest BCUT2D eigenvalue weighted by molar-refractivity contribution is -0.147. The number of rotatable bonds is 4. The number of nitrogens with one attached hydrogen (secondary N) is 1. The van der Waals surface area contributed by atoms with Crippen LogP contribution in [0.5, 0.6) is 0 Å². The van der Waals surface area contributed by atoms with Crippen LogP contribution in [-0.2, 0) is 14.0 Å². The molecule has 1 fully saturated rings. The lowest BCUT2D eigenvalue weighted by Crippen LogP contribution is -2.73. The van der Waals surface area contributed by atoms with Gasteiger partial charge in [-0.1, -0.05) is 19.6 Å². The summed E-state index contributed by atoms with van der Waals surface area (Å²) < 4.78 is 5.61. The van der Waals surface area contributed by atoms with Crippen molar-refractivity contribution >= 4 is 40.2 Å². The minimum absolute atomic E-state index is 0.00139. The molecule has 2 aliphatic heterocycles. The Labute approximate surface area is 139 Å². The van der Waals surface area contributed by atoms with Crippen LogP contribution in [0.15, 0.2) is 11.3 Å². The normalized spacial score (nSPS) is 25.8. The summed E-state index contributed by atoms with van der Waals surface area (Å²) in [5.74, 6) is 0.442. The average molecular weight is 359 g/mol. The van der Waals surface area contributed by atoms with Gasteiger partial charge in [0.2, 0.25) is 14.2 Å². The fraction of sp³-hybridized carbons (Fsp3) is 0.714. The van der Waals surface area contributed by atoms with Gasteiger partial charge in [-0.25, -0.2) is 4.79 Å². The van der Waals surface area contributed by atoms with Gasteiger partial charge in [0.1, 0.15) is 25.3 Å². The standard InChI is InChI=1S/C14H26N2O3SSi2/c1-9-8-20-13-10(15-21(2,3)4)12(17)16(13)11(9)14(18)19-22(5,6)7/h10,13,15H,8H2,1-7H3/t10?,13-/m1/s1. The third-order valence-electron chi connectivity index (χ3n) is 3.34. The van der Waals surface area contributed by atoms with E-state index in [1.165, 1.54) is 0 Å². The minimum atomic E-state index is -1.98. The molecule has 1 saturated heterocycles. The maximum Gasteiger partial charge on any atom is 0.341 e. The highest BCUT2D eigenvalue weighted by Crippen LogP contribution is 2.41. The zero-order chi connectivity index (χ0) is 16.9. The van der Waals surface area contributed by atoms with E-state index in [2.05, 4.69) is 24.6 Å². The Morgan fingerprint density at radius 3 is 2.36 bits per heavy atom. The number of hydrogen-bond donors (Lipinski definition) is 1. The third-order valence-corrected chi connectivity index (χ3v) is 6.74. The molecular weight excluding hydrogens is 332 g/mol. The van der Waals surface area contributed by atoms with Crippen molar-refractivity contribution in [3.63, 3.8) is 0 Å². The van der Waals surface area contributed by atoms with Crippen LogP contribution < -0.4 is 4.98 Å². The van der Waals surface area contributed by atoms with E-state index >= 15 is 0 Å². The van der Waals surface area contributed by atoms with Gasteiger partial charge in [0.15, 0.2) is 0 Å². The highest BCUT2D eigenvalue weighted by Gasteiger charge is 2.54. The lowest BCUT2D eigenvalue weighted by atomic mass is 10.0. The second-order valence-corrected chi connectivity index (χ2v) is 18.2. The maximum atomic E-state index is 12.5. The van der Waals surface area contributed by atoms with Gasteiger partial charge in [0, 0.05) is 5.75 Å². The van der Waals surface area contributed by atoms with E-state index in [9.17, 15) is 9.59 Å². The number of amides is 1. The van der Waals surface area contributed by atoms with Crippen molar-refractivity contribution in [2.45, 2.75) is 57.6 Å². The van der Waals surface area contributed by atoms with Gasteiger partial charge < -0.3 is 9.41 Å². The number of hydrogen-bond acceptors (Lipinski definition) is 5. The van der Waals surface area contributed by atoms with Gasteiger partial charge in [-0.15, -0.1) is 11.8 Å². The topological polar surface area (TPSA) is 58.6 Å². The summed E-state index contributed by atoms with van der Waals surface area (Å²) >= 11 is 1.72. The largest absolute Gasteiger partial charge is 0.515 e. The Hall–Kier alpha value is -0.576. The molecule has 2 heterocycles. The molecule has 124 valence electrons. The number of carbonyl (C=O) groups excluding carboxylic acids is 2. The zero-order valence-corrected chi connectivity index (χ0v) is 17.3. The summed E-state index contributed by atoms with van der Waals surface area (Å²) in [6.45, 7) is 14.4. The van der Waals surface area contributed by atoms with Crippen molar-refractivity contribution < 1.29 is 14.0 Å². The van der Waals surface area contributed by atoms with Crippen LogP contribution in [0.4, 0.5) is 0 Å². The maximum absolute atomic E-state index is 12.5. The predicted octanol–water partition coefficient (Wildman–Crippen LogP) is 2.35. The molecule has 1 unspecified atom stereocenters. The smallest absolute Gasteiger partial charge is 0.341 e. The van der Waals surface area contributed by atoms with Crippen molar-refractivity contribution in [3.05, 3.63) is 11.3 Å². The molecule has 0 saturated carbocycles. The first-order valence-electron chi connectivity index (χ1n) is 7.56. The molecule has 8 heteroatoms. The van der Waals surface area contributed by atoms with E-state index in [1.807, 2.05) is 26.6 Å². The fourth-order valence-corrected chi connectivity index (χ4v) is 5.84. The SMILES string of the molecule is CC1=C(C(=O)O[Si](C)(C)C)N2C(=O)C(N[Si](C)(C)C)[C@H]2SC1. The molecule has 2 rings (SSSR count). The van der Waals surface area contributed by atoms with Gasteiger partial charge in [0.05, 0.1) is 0 Å². The minimum Gasteiger partial charge on any atom is -0.515 e. The fourth-order valence-electron chi connectivity index (χ4n) is 2.56. The first-order valence-corrected chi connectivity index (χ1v) is 15.5. The first-order chi connectivity index (χ1) is 9.91. The zero-order valence-electron chi connectivity index (χ0n) is 14.4. The Kier molecular flexibility index (Phi) is 4.69. The third kappa shape index (κ3) is 3.66. The molecule has 0 radical (unpaired) electrons. The molecule has 2 aliphatic rings. The number of thioether (sulfide) groups is 1. The summed E-state index contributed by atoms with van der Waals surface area (Å²) in [4.78, 5) is 30.2. The van der Waals surface area contributed by atoms with Crippen LogP contribution in [0.3, 0.4) is 0 Å². The molecule has 0 aliphatic carbocycles. The summed E-state index contributed by atoms with van der Waals surface area (Å²) in [7, 11) is -3.52. The number of nitrogens with zero attached hydrogens (tertiary/aromatic N) is 1. The van der Waals surface area contributed by atoms with E-state index in [0.29, 0.717) is 5.70 Å². The molecule has 0 bridgehead atoms. The molecule has 0 aromatic heterocycles. The molecule has 22 heavy (non-hydrogen) atoms. The highest BCUT2D eigenvalue weighted by atomic mass is 32.2. The van der Waals surface area contributed by atoms with Gasteiger partial charge in [-0.3, -0.25) is 9.69 Å². The van der Waals surface area contributed by atoms with Gasteiger partial charge >= 0.3 is 5.97 Å². The molecule has 2 atom stereocenters. The van der Waals surface area contributed by atoms with Gasteiger partial charge in [-0.05, 0) is 32.1 Å². The Morgan fingerprint density at radius 2 is 1.86 bits per heavy atom. The highest BCUT2D eigenvalue weighted by molar-refractivity contribution is 8.00. The summed E-state index contributed by atoms with van der Waals surface area (Å²) in [5, 5.41) is 0.0205. The molecular formula is C14H26N2O3SSi2. The van der Waals surface area contributed by atoms with Crippen molar-refractivity contribution in [1.82, 2.24) is 9.88 Å². The van der Waals surface area contributed by atoms with Crippen molar-refractivity contribution in [3.8, 4) is 0 Å². The molecule has 1 amide bonds. The monoisotopic (exact) mass is 358 g/mol. The van der Waals surface area contributed by atoms with Crippen molar-refractivity contribution in [1.29, 1.82) is 0 Å². The molecule has 5 nitrogen and oxygen atoms in total. The number of fused-ring (bicyclic) bond motifs is 1. The molecule has 0 aromatic carbocycles. The van der Waals surface area contributed by atoms with Crippen molar-refractivity contribution in [2.75, 3.05) is 5.75 Å². The molecule has 0 aromatic rings. The van der Waals surface area contributed by atoms with E-state index in [-0.39, 0.29) is 23.3 Å². The van der Waals surface area contributed by atoms with Gasteiger partial charge in [0.25, 0.3) is 0 Å². The van der Waals surface area contributed by atoms with Crippen LogP contribution in [0.2, 0.25) is 39.3 Å². The number of β-lactam (4-membered cyclic amide) rings is 1. The quantitative estimate of drug-likeness (QED) is 0.617. The predicted molar refractivity (Wildman–Crippen MR) is 95.5 cm³/mol. The second-order valence-electron chi connectivity index (χ2n) is 7.91. The van der Waals surface area contributed by atoms with E-state index < -0.39 is 16.6 Å². The second kappa shape index (κ2) is 5.81. The Bertz CT molecular complexity index is 537. The lowest BCUT2D eigenvalue weighted by Gasteiger charge is -2.51. The number of carbonyl (C=O) groups is 2. The van der Waals surface area contributed by atoms with E-state index in [0.717, 1.165) is 11.3 Å². The summed E-state index contributed by atoms with van der Waals surface area (Å²) in [6.07, 6.45) is 0. The summed E-state index contributed by atoms with van der Waals surface area (Å²) in [6, 6.07) is -0.167. The van der Waals surface area contributed by atoms with Crippen LogP contribution >= 0.6 is 11.8 Å². The Morgan fingerprint density at radius 1 is 1.27 bits per heavy atom. The molecule has 1 N–H and O–H groups in total. The average Bonchev–Trinajstić information content (AvgIpc) is 2.32. The van der Waals surface area contributed by atoms with Crippen LogP contribution in [-0.4, -0.2) is 50.5 Å². The summed E-state index contributed by atoms with van der Waals surface area (Å²) in [5.41, 5.74) is 1.41. The van der Waals surface area contributed by atoms with Crippen molar-refractivity contribution in [2.24, 2.45) is 0 Å². The van der Waals surface area contributed by atoms with E-state index in [1.54, 1.807) is 16.7 Å². The van der Waals surface area contributed by atoms with Crippen LogP contribution in [0.25, 0.3) is 0 Å². The Balaban J connectivity index is 2.20. The van der Waals surface area contributed by atoms with Gasteiger partial charge in [-0.2, -0.15) is 0 Å². The molecule has 0 spiro atoms. The first kappa shape index (κ1) is 17.8. The van der Waals surface area contributed by atoms with E-state index in [4.69, 9.17) is 4.43 Å².